The van der Waals surface area contributed by atoms with E-state index in [1.807, 2.05) is 19.4 Å². The van der Waals surface area contributed by atoms with Crippen LogP contribution in [0.4, 0.5) is 0 Å². The quantitative estimate of drug-likeness (QED) is 0.654. The third-order valence-electron chi connectivity index (χ3n) is 1.83. The van der Waals surface area contributed by atoms with Crippen LogP contribution in [0.2, 0.25) is 0 Å². The molecule has 0 aliphatic carbocycles. The van der Waals surface area contributed by atoms with Crippen molar-refractivity contribution in [3.63, 3.8) is 0 Å². The Bertz CT molecular complexity index is 295. The van der Waals surface area contributed by atoms with Crippen molar-refractivity contribution in [3.05, 3.63) is 18.0 Å². The zero-order valence-corrected chi connectivity index (χ0v) is 8.58. The first-order chi connectivity index (χ1) is 6.72. The van der Waals surface area contributed by atoms with Gasteiger partial charge in [0.2, 0.25) is 5.91 Å². The number of hydrogen-bond acceptors (Lipinski definition) is 3. The topological polar surface area (TPSA) is 59.0 Å². The van der Waals surface area contributed by atoms with Crippen molar-refractivity contribution in [2.45, 2.75) is 6.42 Å². The number of carbonyl (C=O) groups is 1. The van der Waals surface area contributed by atoms with Crippen molar-refractivity contribution >= 4 is 5.91 Å². The SMILES string of the molecule is CNCC(=O)NCCc1cnn(C)c1. The molecule has 2 N–H and O–H groups in total. The standard InChI is InChI=1S/C9H16N4O/c1-10-6-9(14)11-4-3-8-5-12-13(2)7-8/h5,7,10H,3-4,6H2,1-2H3,(H,11,14). The molecule has 1 heterocycles. The summed E-state index contributed by atoms with van der Waals surface area (Å²) in [7, 11) is 3.63. The maximum Gasteiger partial charge on any atom is 0.233 e. The molecule has 0 bridgehead atoms. The highest BCUT2D eigenvalue weighted by molar-refractivity contribution is 5.77. The minimum absolute atomic E-state index is 0.0244. The monoisotopic (exact) mass is 196 g/mol. The first kappa shape index (κ1) is 10.7. The molecule has 1 rings (SSSR count). The predicted molar refractivity (Wildman–Crippen MR) is 53.8 cm³/mol. The summed E-state index contributed by atoms with van der Waals surface area (Å²) in [5.74, 6) is 0.0244. The van der Waals surface area contributed by atoms with Crippen LogP contribution in [0.1, 0.15) is 5.56 Å². The van der Waals surface area contributed by atoms with Gasteiger partial charge >= 0.3 is 0 Å². The Balaban J connectivity index is 2.18. The van der Waals surface area contributed by atoms with E-state index in [1.54, 1.807) is 11.7 Å². The molecule has 0 saturated carbocycles. The van der Waals surface area contributed by atoms with Crippen LogP contribution < -0.4 is 10.6 Å². The largest absolute Gasteiger partial charge is 0.355 e. The average Bonchev–Trinajstić information content (AvgIpc) is 2.52. The number of nitrogens with one attached hydrogen (secondary N) is 2. The fourth-order valence-corrected chi connectivity index (χ4v) is 1.17. The molecule has 0 fully saturated rings. The van der Waals surface area contributed by atoms with Crippen molar-refractivity contribution in [2.75, 3.05) is 20.1 Å². The molecule has 0 aromatic carbocycles. The van der Waals surface area contributed by atoms with E-state index in [4.69, 9.17) is 0 Å². The van der Waals surface area contributed by atoms with Gasteiger partial charge in [0.05, 0.1) is 12.7 Å². The van der Waals surface area contributed by atoms with Gasteiger partial charge in [0.1, 0.15) is 0 Å². The lowest BCUT2D eigenvalue weighted by Crippen LogP contribution is -2.33. The van der Waals surface area contributed by atoms with Gasteiger partial charge in [0.15, 0.2) is 0 Å². The van der Waals surface area contributed by atoms with E-state index in [0.29, 0.717) is 13.1 Å². The van der Waals surface area contributed by atoms with Crippen LogP contribution in [0.25, 0.3) is 0 Å². The Morgan fingerprint density at radius 3 is 3.00 bits per heavy atom. The number of likely N-dealkylation sites (N-methyl/N-ethyl adjacent to an activating group) is 1. The predicted octanol–water partition coefficient (Wildman–Crippen LogP) is -0.702. The molecule has 1 aromatic heterocycles. The lowest BCUT2D eigenvalue weighted by Gasteiger charge is -2.02. The van der Waals surface area contributed by atoms with E-state index >= 15 is 0 Å². The summed E-state index contributed by atoms with van der Waals surface area (Å²) in [5, 5.41) is 9.64. The van der Waals surface area contributed by atoms with Gasteiger partial charge in [-0.3, -0.25) is 9.48 Å². The summed E-state index contributed by atoms with van der Waals surface area (Å²) in [6.45, 7) is 1.03. The van der Waals surface area contributed by atoms with Crippen LogP contribution in [-0.4, -0.2) is 35.8 Å². The van der Waals surface area contributed by atoms with Crippen molar-refractivity contribution in [1.29, 1.82) is 0 Å². The van der Waals surface area contributed by atoms with Crippen LogP contribution >= 0.6 is 0 Å². The number of aryl methyl sites for hydroxylation is 1. The Labute approximate surface area is 83.5 Å². The van der Waals surface area contributed by atoms with Gasteiger partial charge in [0, 0.05) is 19.8 Å². The van der Waals surface area contributed by atoms with E-state index < -0.39 is 0 Å². The number of carbonyl (C=O) groups excluding carboxylic acids is 1. The molecule has 0 atom stereocenters. The molecule has 1 amide bonds. The summed E-state index contributed by atoms with van der Waals surface area (Å²) >= 11 is 0. The smallest absolute Gasteiger partial charge is 0.233 e. The van der Waals surface area contributed by atoms with E-state index in [-0.39, 0.29) is 5.91 Å². The summed E-state index contributed by atoms with van der Waals surface area (Å²) in [6, 6.07) is 0. The van der Waals surface area contributed by atoms with E-state index in [1.165, 1.54) is 0 Å². The molecule has 0 spiro atoms. The van der Waals surface area contributed by atoms with E-state index in [2.05, 4.69) is 15.7 Å². The van der Waals surface area contributed by atoms with E-state index in [9.17, 15) is 4.79 Å². The molecular formula is C9H16N4O. The van der Waals surface area contributed by atoms with Crippen LogP contribution in [-0.2, 0) is 18.3 Å². The van der Waals surface area contributed by atoms with Gasteiger partial charge in [0.25, 0.3) is 0 Å². The summed E-state index contributed by atoms with van der Waals surface area (Å²) in [4.78, 5) is 11.0. The number of rotatable bonds is 5. The van der Waals surface area contributed by atoms with Crippen molar-refractivity contribution in [1.82, 2.24) is 20.4 Å². The minimum Gasteiger partial charge on any atom is -0.355 e. The van der Waals surface area contributed by atoms with Gasteiger partial charge in [-0.15, -0.1) is 0 Å². The fourth-order valence-electron chi connectivity index (χ4n) is 1.17. The van der Waals surface area contributed by atoms with Crippen molar-refractivity contribution in [3.8, 4) is 0 Å². The first-order valence-corrected chi connectivity index (χ1v) is 4.61. The van der Waals surface area contributed by atoms with Crippen LogP contribution in [0.5, 0.6) is 0 Å². The minimum atomic E-state index is 0.0244. The molecule has 0 radical (unpaired) electrons. The molecular weight excluding hydrogens is 180 g/mol. The average molecular weight is 196 g/mol. The normalized spacial score (nSPS) is 10.1. The van der Waals surface area contributed by atoms with Gasteiger partial charge in [-0.2, -0.15) is 5.10 Å². The molecule has 0 aliphatic rings. The molecule has 1 aromatic rings. The number of aromatic nitrogens is 2. The van der Waals surface area contributed by atoms with Gasteiger partial charge in [-0.05, 0) is 19.0 Å². The summed E-state index contributed by atoms with van der Waals surface area (Å²) < 4.78 is 1.75. The van der Waals surface area contributed by atoms with Crippen LogP contribution in [0, 0.1) is 0 Å². The van der Waals surface area contributed by atoms with E-state index in [0.717, 1.165) is 12.0 Å². The number of amides is 1. The second-order valence-electron chi connectivity index (χ2n) is 3.15. The number of hydrogen-bond donors (Lipinski definition) is 2. The Morgan fingerprint density at radius 2 is 2.43 bits per heavy atom. The lowest BCUT2D eigenvalue weighted by molar-refractivity contribution is -0.120. The lowest BCUT2D eigenvalue weighted by atomic mass is 10.2. The molecule has 14 heavy (non-hydrogen) atoms. The highest BCUT2D eigenvalue weighted by Gasteiger charge is 1.99. The highest BCUT2D eigenvalue weighted by Crippen LogP contribution is 1.95. The summed E-state index contributed by atoms with van der Waals surface area (Å²) in [6.07, 6.45) is 4.58. The maximum absolute atomic E-state index is 11.0. The first-order valence-electron chi connectivity index (χ1n) is 4.61. The Morgan fingerprint density at radius 1 is 1.64 bits per heavy atom. The molecule has 0 aliphatic heterocycles. The molecule has 5 heteroatoms. The molecule has 0 unspecified atom stereocenters. The third-order valence-corrected chi connectivity index (χ3v) is 1.83. The second-order valence-corrected chi connectivity index (χ2v) is 3.15. The van der Waals surface area contributed by atoms with Gasteiger partial charge in [-0.25, -0.2) is 0 Å². The Kier molecular flexibility index (Phi) is 4.12. The fraction of sp³-hybridized carbons (Fsp3) is 0.556. The Hall–Kier alpha value is -1.36. The second kappa shape index (κ2) is 5.39. The van der Waals surface area contributed by atoms with Gasteiger partial charge in [-0.1, -0.05) is 0 Å². The molecule has 78 valence electrons. The zero-order valence-electron chi connectivity index (χ0n) is 8.58. The molecule has 0 saturated heterocycles. The molecule has 5 nitrogen and oxygen atoms in total. The van der Waals surface area contributed by atoms with Crippen molar-refractivity contribution < 1.29 is 4.79 Å². The zero-order chi connectivity index (χ0) is 10.4. The van der Waals surface area contributed by atoms with Gasteiger partial charge < -0.3 is 10.6 Å². The van der Waals surface area contributed by atoms with Crippen LogP contribution in [0.15, 0.2) is 12.4 Å². The maximum atomic E-state index is 11.0. The van der Waals surface area contributed by atoms with Crippen molar-refractivity contribution in [2.24, 2.45) is 7.05 Å². The number of nitrogens with zero attached hydrogens (tertiary/aromatic N) is 2. The third kappa shape index (κ3) is 3.57. The summed E-state index contributed by atoms with van der Waals surface area (Å²) in [5.41, 5.74) is 1.14. The highest BCUT2D eigenvalue weighted by atomic mass is 16.1. The van der Waals surface area contributed by atoms with Crippen LogP contribution in [0.3, 0.4) is 0 Å².